The van der Waals surface area contributed by atoms with Crippen molar-refractivity contribution in [1.82, 2.24) is 4.57 Å². The van der Waals surface area contributed by atoms with Crippen LogP contribution in [0.3, 0.4) is 0 Å². The van der Waals surface area contributed by atoms with Crippen LogP contribution in [-0.2, 0) is 16.1 Å². The molecule has 6 heteroatoms. The van der Waals surface area contributed by atoms with Crippen LogP contribution < -0.4 is 4.87 Å². The van der Waals surface area contributed by atoms with E-state index in [4.69, 9.17) is 16.3 Å². The molecule has 0 radical (unpaired) electrons. The molecule has 0 bridgehead atoms. The topological polar surface area (TPSA) is 48.3 Å². The molecule has 0 atom stereocenters. The molecule has 2 aromatic carbocycles. The fraction of sp³-hybridized carbons (Fsp3) is 0.176. The Morgan fingerprint density at radius 2 is 2.00 bits per heavy atom. The lowest BCUT2D eigenvalue weighted by molar-refractivity contribution is -0.143. The second-order valence-electron chi connectivity index (χ2n) is 4.92. The van der Waals surface area contributed by atoms with Crippen molar-refractivity contribution in [2.75, 3.05) is 6.61 Å². The van der Waals surface area contributed by atoms with Gasteiger partial charge in [-0.25, -0.2) is 0 Å². The molecule has 0 saturated heterocycles. The molecule has 3 rings (SSSR count). The van der Waals surface area contributed by atoms with Gasteiger partial charge in [-0.1, -0.05) is 53.3 Å². The van der Waals surface area contributed by atoms with Crippen molar-refractivity contribution in [3.63, 3.8) is 0 Å². The lowest BCUT2D eigenvalue weighted by Crippen LogP contribution is -2.20. The van der Waals surface area contributed by atoms with Crippen molar-refractivity contribution in [2.45, 2.75) is 13.5 Å². The van der Waals surface area contributed by atoms with Crippen molar-refractivity contribution in [2.24, 2.45) is 0 Å². The fourth-order valence-electron chi connectivity index (χ4n) is 2.41. The minimum atomic E-state index is -0.433. The first-order valence-corrected chi connectivity index (χ1v) is 8.33. The van der Waals surface area contributed by atoms with Gasteiger partial charge in [-0.05, 0) is 24.6 Å². The predicted molar refractivity (Wildman–Crippen MR) is 93.2 cm³/mol. The molecule has 0 N–H and O–H groups in total. The average Bonchev–Trinajstić information content (AvgIpc) is 2.83. The summed E-state index contributed by atoms with van der Waals surface area (Å²) in [7, 11) is 0. The van der Waals surface area contributed by atoms with Gasteiger partial charge in [0.15, 0.2) is 0 Å². The van der Waals surface area contributed by atoms with Crippen molar-refractivity contribution in [1.29, 1.82) is 0 Å². The van der Waals surface area contributed by atoms with E-state index in [2.05, 4.69) is 0 Å². The third kappa shape index (κ3) is 3.16. The molecule has 0 aliphatic rings. The van der Waals surface area contributed by atoms with E-state index in [1.54, 1.807) is 13.0 Å². The lowest BCUT2D eigenvalue weighted by atomic mass is 10.1. The number of halogens is 1. The number of nitrogens with zero attached hydrogens (tertiary/aromatic N) is 1. The van der Waals surface area contributed by atoms with Gasteiger partial charge < -0.3 is 4.74 Å². The second kappa shape index (κ2) is 6.56. The SMILES string of the molecule is CCOC(=O)Cn1c(=O)sc2cc(-c3ccccc3)c(Cl)cc21. The van der Waals surface area contributed by atoms with Crippen LogP contribution in [-0.4, -0.2) is 17.1 Å². The zero-order valence-electron chi connectivity index (χ0n) is 12.4. The zero-order valence-corrected chi connectivity index (χ0v) is 14.0. The van der Waals surface area contributed by atoms with E-state index >= 15 is 0 Å². The minimum Gasteiger partial charge on any atom is -0.465 e. The molecule has 23 heavy (non-hydrogen) atoms. The quantitative estimate of drug-likeness (QED) is 0.671. The van der Waals surface area contributed by atoms with Crippen LogP contribution >= 0.6 is 22.9 Å². The summed E-state index contributed by atoms with van der Waals surface area (Å²) < 4.78 is 7.11. The summed E-state index contributed by atoms with van der Waals surface area (Å²) >= 11 is 7.49. The Hall–Kier alpha value is -2.11. The van der Waals surface area contributed by atoms with Crippen LogP contribution in [0.1, 0.15) is 6.92 Å². The van der Waals surface area contributed by atoms with Crippen molar-refractivity contribution >= 4 is 39.1 Å². The molecule has 0 fully saturated rings. The molecule has 1 aromatic heterocycles. The van der Waals surface area contributed by atoms with E-state index in [0.29, 0.717) is 10.5 Å². The Morgan fingerprint density at radius 3 is 2.70 bits per heavy atom. The van der Waals surface area contributed by atoms with Gasteiger partial charge in [0.2, 0.25) is 0 Å². The third-order valence-electron chi connectivity index (χ3n) is 3.43. The number of thiazole rings is 1. The van der Waals surface area contributed by atoms with Gasteiger partial charge in [-0.15, -0.1) is 0 Å². The molecule has 4 nitrogen and oxygen atoms in total. The summed E-state index contributed by atoms with van der Waals surface area (Å²) in [5.74, 6) is -0.433. The fourth-order valence-corrected chi connectivity index (χ4v) is 3.59. The molecule has 1 heterocycles. The Balaban J connectivity index is 2.09. The van der Waals surface area contributed by atoms with Gasteiger partial charge in [0.05, 0.1) is 21.8 Å². The summed E-state index contributed by atoms with van der Waals surface area (Å²) in [6, 6.07) is 13.4. The lowest BCUT2D eigenvalue weighted by Gasteiger charge is -2.07. The number of benzene rings is 2. The minimum absolute atomic E-state index is 0.103. The third-order valence-corrected chi connectivity index (χ3v) is 4.69. The van der Waals surface area contributed by atoms with E-state index in [-0.39, 0.29) is 18.0 Å². The number of rotatable bonds is 4. The van der Waals surface area contributed by atoms with Gasteiger partial charge in [0.1, 0.15) is 6.54 Å². The van der Waals surface area contributed by atoms with Gasteiger partial charge >= 0.3 is 10.8 Å². The first kappa shape index (κ1) is 15.8. The van der Waals surface area contributed by atoms with Gasteiger partial charge in [-0.2, -0.15) is 0 Å². The highest BCUT2D eigenvalue weighted by Gasteiger charge is 2.15. The van der Waals surface area contributed by atoms with Gasteiger partial charge in [0, 0.05) is 5.56 Å². The number of carbonyl (C=O) groups is 1. The summed E-state index contributed by atoms with van der Waals surface area (Å²) in [4.78, 5) is 23.6. The average molecular weight is 348 g/mol. The first-order valence-electron chi connectivity index (χ1n) is 7.14. The number of esters is 1. The van der Waals surface area contributed by atoms with E-state index < -0.39 is 5.97 Å². The van der Waals surface area contributed by atoms with Crippen LogP contribution in [0.5, 0.6) is 0 Å². The maximum atomic E-state index is 12.2. The highest BCUT2D eigenvalue weighted by Crippen LogP contribution is 2.33. The smallest absolute Gasteiger partial charge is 0.326 e. The molecule has 0 aliphatic carbocycles. The zero-order chi connectivity index (χ0) is 16.4. The molecule has 0 amide bonds. The molecule has 0 spiro atoms. The van der Waals surface area contributed by atoms with Crippen molar-refractivity contribution < 1.29 is 9.53 Å². The predicted octanol–water partition coefficient (Wildman–Crippen LogP) is 3.95. The number of ether oxygens (including phenoxy) is 1. The summed E-state index contributed by atoms with van der Waals surface area (Å²) in [6.07, 6.45) is 0. The molecule has 0 aliphatic heterocycles. The Bertz CT molecular complexity index is 915. The van der Waals surface area contributed by atoms with Crippen LogP contribution in [0.15, 0.2) is 47.3 Å². The number of aromatic nitrogens is 1. The maximum Gasteiger partial charge on any atom is 0.326 e. The number of hydrogen-bond acceptors (Lipinski definition) is 4. The number of fused-ring (bicyclic) bond motifs is 1. The maximum absolute atomic E-state index is 12.2. The molecular weight excluding hydrogens is 334 g/mol. The van der Waals surface area contributed by atoms with E-state index in [1.165, 1.54) is 4.57 Å². The molecule has 0 saturated carbocycles. The largest absolute Gasteiger partial charge is 0.465 e. The molecule has 118 valence electrons. The highest BCUT2D eigenvalue weighted by molar-refractivity contribution is 7.16. The highest BCUT2D eigenvalue weighted by atomic mass is 35.5. The van der Waals surface area contributed by atoms with Crippen LogP contribution in [0.4, 0.5) is 0 Å². The van der Waals surface area contributed by atoms with Crippen LogP contribution in [0.2, 0.25) is 5.02 Å². The number of carbonyl (C=O) groups excluding carboxylic acids is 1. The monoisotopic (exact) mass is 347 g/mol. The summed E-state index contributed by atoms with van der Waals surface area (Å²) in [5, 5.41) is 0.541. The van der Waals surface area contributed by atoms with Crippen molar-refractivity contribution in [3.05, 3.63) is 57.2 Å². The number of hydrogen-bond donors (Lipinski definition) is 0. The Labute approximate surface area is 141 Å². The molecule has 3 aromatic rings. The first-order chi connectivity index (χ1) is 11.1. The normalized spacial score (nSPS) is 10.9. The van der Waals surface area contributed by atoms with Gasteiger partial charge in [-0.3, -0.25) is 14.2 Å². The van der Waals surface area contributed by atoms with E-state index in [1.807, 2.05) is 36.4 Å². The summed E-state index contributed by atoms with van der Waals surface area (Å²) in [5.41, 5.74) is 2.50. The Kier molecular flexibility index (Phi) is 4.50. The standard InChI is InChI=1S/C17H14ClNO3S/c1-2-22-16(20)10-19-14-9-13(18)12(8-15(14)23-17(19)21)11-6-4-3-5-7-11/h3-9H,2,10H2,1H3. The Morgan fingerprint density at radius 1 is 1.26 bits per heavy atom. The van der Waals surface area contributed by atoms with E-state index in [9.17, 15) is 9.59 Å². The van der Waals surface area contributed by atoms with Crippen LogP contribution in [0.25, 0.3) is 21.3 Å². The molecular formula is C17H14ClNO3S. The van der Waals surface area contributed by atoms with E-state index in [0.717, 1.165) is 27.2 Å². The van der Waals surface area contributed by atoms with Crippen molar-refractivity contribution in [3.8, 4) is 11.1 Å². The summed E-state index contributed by atoms with van der Waals surface area (Å²) in [6.45, 7) is 1.91. The second-order valence-corrected chi connectivity index (χ2v) is 6.33. The van der Waals surface area contributed by atoms with Gasteiger partial charge in [0.25, 0.3) is 0 Å². The molecule has 0 unspecified atom stereocenters. The van der Waals surface area contributed by atoms with Crippen LogP contribution in [0, 0.1) is 0 Å².